The van der Waals surface area contributed by atoms with Crippen LogP contribution in [0.5, 0.6) is 23.0 Å². The summed E-state index contributed by atoms with van der Waals surface area (Å²) < 4.78 is 13.4. The van der Waals surface area contributed by atoms with Gasteiger partial charge in [0.15, 0.2) is 28.4 Å². The molecule has 0 saturated carbocycles. The highest BCUT2D eigenvalue weighted by molar-refractivity contribution is 6.00. The number of nitrogens with one attached hydrogen (secondary N) is 1. The Hall–Kier alpha value is -6.92. The van der Waals surface area contributed by atoms with Gasteiger partial charge >= 0.3 is 17.9 Å². The number of aromatic nitrogens is 4. The average Bonchev–Trinajstić information content (AvgIpc) is 3.50. The lowest BCUT2D eigenvalue weighted by Crippen LogP contribution is -2.42. The maximum absolute atomic E-state index is 13.9. The van der Waals surface area contributed by atoms with Crippen LogP contribution in [0.3, 0.4) is 0 Å². The van der Waals surface area contributed by atoms with Gasteiger partial charge in [-0.2, -0.15) is 0 Å². The van der Waals surface area contributed by atoms with Crippen molar-refractivity contribution < 1.29 is 59.0 Å². The third-order valence-corrected chi connectivity index (χ3v) is 7.74. The molecule has 2 aromatic carbocycles. The third-order valence-electron chi connectivity index (χ3n) is 7.74. The predicted octanol–water partition coefficient (Wildman–Crippen LogP) is 0.825. The highest BCUT2D eigenvalue weighted by Crippen LogP contribution is 2.35. The summed E-state index contributed by atoms with van der Waals surface area (Å²) in [5, 5.41) is 67.5. The van der Waals surface area contributed by atoms with E-state index < -0.39 is 94.6 Å². The van der Waals surface area contributed by atoms with Crippen LogP contribution in [-0.2, 0) is 39.3 Å². The summed E-state index contributed by atoms with van der Waals surface area (Å²) in [6.07, 6.45) is 0.324. The smallest absolute Gasteiger partial charge is 0.375 e. The van der Waals surface area contributed by atoms with E-state index in [2.05, 4.69) is 15.6 Å². The molecular weight excluding hydrogens is 666 g/mol. The van der Waals surface area contributed by atoms with E-state index in [0.717, 1.165) is 28.9 Å². The summed E-state index contributed by atoms with van der Waals surface area (Å²) >= 11 is 0. The van der Waals surface area contributed by atoms with Crippen molar-refractivity contribution in [1.29, 1.82) is 0 Å². The molecule has 0 aliphatic heterocycles. The van der Waals surface area contributed by atoms with Crippen molar-refractivity contribution in [1.82, 2.24) is 24.9 Å². The number of aromatic hydroxyl groups is 4. The number of rotatable bonds is 11. The van der Waals surface area contributed by atoms with Crippen molar-refractivity contribution in [2.24, 2.45) is 7.05 Å². The topological polar surface area (TPSA) is 294 Å². The molecule has 0 radical (unpaired) electrons. The summed E-state index contributed by atoms with van der Waals surface area (Å²) in [4.78, 5) is 75.8. The number of hydrogen-bond donors (Lipinski definition) is 7. The number of carboxylic acid groups (broad SMARTS) is 2. The molecule has 0 fully saturated rings. The zero-order valence-corrected chi connectivity index (χ0v) is 26.0. The second kappa shape index (κ2) is 13.3. The normalized spacial score (nSPS) is 11.8. The zero-order valence-electron chi connectivity index (χ0n) is 26.0. The van der Waals surface area contributed by atoms with Crippen molar-refractivity contribution in [3.63, 3.8) is 0 Å². The molecular formula is C31H27N5O14. The van der Waals surface area contributed by atoms with Gasteiger partial charge in [0.25, 0.3) is 0 Å². The molecule has 7 N–H and O–H groups in total. The second-order valence-corrected chi connectivity index (χ2v) is 11.1. The number of carbonyl (C=O) groups excluding carboxylic acids is 2. The SMILES string of the molecule is Cc1c(-c2c(C(=O)OCc3cn(CC(=O)N[C@@H](CCC(=O)O)C(=O)O)nn3)oc3cc(O)c(O)cc3c2=O)c(=O)c2cc(O)c(O)cc2n1C. The minimum absolute atomic E-state index is 0.0212. The number of carbonyl (C=O) groups is 4. The fourth-order valence-electron chi connectivity index (χ4n) is 5.16. The van der Waals surface area contributed by atoms with Crippen LogP contribution in [0.4, 0.5) is 0 Å². The van der Waals surface area contributed by atoms with E-state index in [4.69, 9.17) is 14.3 Å². The van der Waals surface area contributed by atoms with Gasteiger partial charge < -0.3 is 49.7 Å². The number of phenols is 4. The number of amides is 1. The first-order valence-electron chi connectivity index (χ1n) is 14.5. The monoisotopic (exact) mass is 693 g/mol. The zero-order chi connectivity index (χ0) is 36.6. The molecule has 5 aromatic rings. The predicted molar refractivity (Wildman–Crippen MR) is 168 cm³/mol. The molecule has 0 saturated heterocycles. The van der Waals surface area contributed by atoms with Crippen molar-refractivity contribution in [2.75, 3.05) is 0 Å². The molecule has 1 amide bonds. The minimum Gasteiger partial charge on any atom is -0.504 e. The van der Waals surface area contributed by atoms with Gasteiger partial charge in [-0.05, 0) is 25.5 Å². The molecule has 3 heterocycles. The largest absolute Gasteiger partial charge is 0.504 e. The summed E-state index contributed by atoms with van der Waals surface area (Å²) in [6.45, 7) is 0.308. The van der Waals surface area contributed by atoms with Crippen LogP contribution in [0.1, 0.15) is 34.8 Å². The first kappa shape index (κ1) is 34.4. The summed E-state index contributed by atoms with van der Waals surface area (Å²) in [5.74, 6) is -8.08. The van der Waals surface area contributed by atoms with Crippen LogP contribution in [0.15, 0.2) is 44.5 Å². The lowest BCUT2D eigenvalue weighted by molar-refractivity contribution is -0.143. The lowest BCUT2D eigenvalue weighted by atomic mass is 9.97. The van der Waals surface area contributed by atoms with Gasteiger partial charge in [-0.15, -0.1) is 5.10 Å². The van der Waals surface area contributed by atoms with Gasteiger partial charge in [0.05, 0.1) is 33.6 Å². The summed E-state index contributed by atoms with van der Waals surface area (Å²) in [5.41, 5.74) is -2.76. The highest BCUT2D eigenvalue weighted by Gasteiger charge is 2.29. The Morgan fingerprint density at radius 1 is 0.920 bits per heavy atom. The van der Waals surface area contributed by atoms with E-state index in [1.54, 1.807) is 0 Å². The Kier molecular flexibility index (Phi) is 9.15. The van der Waals surface area contributed by atoms with Gasteiger partial charge in [-0.25, -0.2) is 14.3 Å². The number of carboxylic acids is 2. The molecule has 0 aliphatic rings. The maximum atomic E-state index is 13.9. The molecule has 5 rings (SSSR count). The van der Waals surface area contributed by atoms with E-state index in [9.17, 15) is 54.3 Å². The maximum Gasteiger partial charge on any atom is 0.375 e. The number of pyridine rings is 1. The molecule has 50 heavy (non-hydrogen) atoms. The Balaban J connectivity index is 1.49. The number of aliphatic carboxylic acids is 2. The fraction of sp³-hybridized carbons (Fsp3) is 0.226. The molecule has 0 unspecified atom stereocenters. The number of ether oxygens (including phenoxy) is 1. The van der Waals surface area contributed by atoms with E-state index in [-0.39, 0.29) is 45.2 Å². The van der Waals surface area contributed by atoms with Crippen LogP contribution in [0.25, 0.3) is 33.0 Å². The van der Waals surface area contributed by atoms with Crippen molar-refractivity contribution in [3.05, 3.63) is 68.1 Å². The molecule has 0 bridgehead atoms. The van der Waals surface area contributed by atoms with Crippen molar-refractivity contribution in [3.8, 4) is 34.1 Å². The number of hydrogen-bond acceptors (Lipinski definition) is 14. The number of fused-ring (bicyclic) bond motifs is 2. The first-order valence-corrected chi connectivity index (χ1v) is 14.5. The van der Waals surface area contributed by atoms with Gasteiger partial charge in [-0.3, -0.25) is 19.2 Å². The molecule has 0 spiro atoms. The lowest BCUT2D eigenvalue weighted by Gasteiger charge is -2.16. The second-order valence-electron chi connectivity index (χ2n) is 11.1. The number of aryl methyl sites for hydroxylation is 1. The van der Waals surface area contributed by atoms with Gasteiger partial charge in [-0.1, -0.05) is 5.21 Å². The van der Waals surface area contributed by atoms with Gasteiger partial charge in [0, 0.05) is 31.3 Å². The van der Waals surface area contributed by atoms with E-state index in [0.29, 0.717) is 0 Å². The standard InChI is InChI=1S/C31H27N5O14/c1-12-25(27(44)14-5-18(37)20(39)7-17(14)35(12)2)26-28(45)15-6-19(38)21(40)8-22(15)50-29(26)31(48)49-11-13-9-36(34-33-13)10-23(41)32-16(30(46)47)3-4-24(42)43/h5-9,16,37-40H,3-4,10-11H2,1-2H3,(H,32,41)(H,42,43)(H,46,47)/t16-/m0/s1. The van der Waals surface area contributed by atoms with Crippen LogP contribution in [0, 0.1) is 6.92 Å². The van der Waals surface area contributed by atoms with Crippen LogP contribution < -0.4 is 16.2 Å². The quantitative estimate of drug-likeness (QED) is 0.0744. The van der Waals surface area contributed by atoms with Crippen LogP contribution >= 0.6 is 0 Å². The molecule has 260 valence electrons. The molecule has 1 atom stereocenters. The fourth-order valence-corrected chi connectivity index (χ4v) is 5.16. The first-order chi connectivity index (χ1) is 23.6. The Labute approximate surface area is 277 Å². The molecule has 19 heteroatoms. The van der Waals surface area contributed by atoms with E-state index in [1.165, 1.54) is 24.7 Å². The van der Waals surface area contributed by atoms with Crippen LogP contribution in [-0.4, -0.2) is 80.1 Å². The highest BCUT2D eigenvalue weighted by atomic mass is 16.5. The third kappa shape index (κ3) is 6.59. The van der Waals surface area contributed by atoms with E-state index in [1.807, 2.05) is 0 Å². The molecule has 0 aliphatic carbocycles. The van der Waals surface area contributed by atoms with Crippen molar-refractivity contribution >= 4 is 45.7 Å². The number of benzene rings is 2. The van der Waals surface area contributed by atoms with E-state index >= 15 is 0 Å². The molecule has 3 aromatic heterocycles. The Bertz CT molecular complexity index is 2360. The number of esters is 1. The minimum atomic E-state index is -1.47. The Morgan fingerprint density at radius 2 is 1.54 bits per heavy atom. The van der Waals surface area contributed by atoms with Gasteiger partial charge in [0.2, 0.25) is 17.1 Å². The Morgan fingerprint density at radius 3 is 2.20 bits per heavy atom. The molecule has 19 nitrogen and oxygen atoms in total. The average molecular weight is 694 g/mol. The van der Waals surface area contributed by atoms with Crippen molar-refractivity contribution in [2.45, 2.75) is 39.0 Å². The van der Waals surface area contributed by atoms with Gasteiger partial charge in [0.1, 0.15) is 30.5 Å². The summed E-state index contributed by atoms with van der Waals surface area (Å²) in [6, 6.07) is 2.43. The van der Waals surface area contributed by atoms with Crippen LogP contribution in [0.2, 0.25) is 0 Å². The number of phenolic OH excluding ortho intramolecular Hbond substituents is 4. The number of nitrogens with zero attached hydrogens (tertiary/aromatic N) is 4. The summed E-state index contributed by atoms with van der Waals surface area (Å²) in [7, 11) is 1.50.